The first-order valence-corrected chi connectivity index (χ1v) is 4.79. The Morgan fingerprint density at radius 1 is 1.31 bits per heavy atom. The summed E-state index contributed by atoms with van der Waals surface area (Å²) in [5, 5.41) is 2.60. The van der Waals surface area contributed by atoms with E-state index in [0.29, 0.717) is 11.1 Å². The Bertz CT molecular complexity index is 513. The van der Waals surface area contributed by atoms with Gasteiger partial charge in [-0.05, 0) is 18.2 Å². The molecule has 0 aliphatic carbocycles. The summed E-state index contributed by atoms with van der Waals surface area (Å²) in [5.74, 6) is -0.186. The van der Waals surface area contributed by atoms with Crippen molar-refractivity contribution in [3.8, 4) is 0 Å². The molecule has 1 amide bonds. The van der Waals surface area contributed by atoms with Gasteiger partial charge in [-0.15, -0.1) is 0 Å². The molecule has 2 rings (SSSR count). The topological polar surface area (TPSA) is 64.1 Å². The van der Waals surface area contributed by atoms with E-state index in [9.17, 15) is 4.79 Å². The molecule has 1 N–H and O–H groups in total. The summed E-state index contributed by atoms with van der Waals surface area (Å²) < 4.78 is 4.76. The maximum absolute atomic E-state index is 11.6. The summed E-state index contributed by atoms with van der Waals surface area (Å²) in [6.45, 7) is 0.192. The van der Waals surface area contributed by atoms with Gasteiger partial charge in [0, 0.05) is 25.1 Å². The third-order valence-electron chi connectivity index (χ3n) is 2.11. The molecule has 0 unspecified atom stereocenters. The Morgan fingerprint density at radius 3 is 2.81 bits per heavy atom. The van der Waals surface area contributed by atoms with Gasteiger partial charge in [0.2, 0.25) is 0 Å². The molecule has 0 bridgehead atoms. The molecule has 5 nitrogen and oxygen atoms in total. The number of hydrogen-bond acceptors (Lipinski definition) is 4. The van der Waals surface area contributed by atoms with Crippen molar-refractivity contribution in [2.24, 2.45) is 0 Å². The maximum atomic E-state index is 11.6. The zero-order chi connectivity index (χ0) is 11.4. The highest BCUT2D eigenvalue weighted by Crippen LogP contribution is 2.10. The molecule has 16 heavy (non-hydrogen) atoms. The van der Waals surface area contributed by atoms with Crippen LogP contribution in [-0.4, -0.2) is 29.7 Å². The van der Waals surface area contributed by atoms with Crippen LogP contribution in [0.5, 0.6) is 0 Å². The lowest BCUT2D eigenvalue weighted by atomic mass is 10.2. The van der Waals surface area contributed by atoms with Crippen LogP contribution in [0.3, 0.4) is 0 Å². The van der Waals surface area contributed by atoms with Crippen LogP contribution < -0.4 is 5.32 Å². The first-order valence-electron chi connectivity index (χ1n) is 4.79. The lowest BCUT2D eigenvalue weighted by molar-refractivity contribution is 0.0872. The van der Waals surface area contributed by atoms with Crippen molar-refractivity contribution < 1.29 is 9.53 Å². The van der Waals surface area contributed by atoms with Gasteiger partial charge >= 0.3 is 0 Å². The fourth-order valence-electron chi connectivity index (χ4n) is 1.34. The molecule has 0 fully saturated rings. The first kappa shape index (κ1) is 10.5. The predicted molar refractivity (Wildman–Crippen MR) is 58.9 cm³/mol. The Morgan fingerprint density at radius 2 is 2.06 bits per heavy atom. The summed E-state index contributed by atoms with van der Waals surface area (Å²) in [5.41, 5.74) is 2.02. The van der Waals surface area contributed by atoms with Gasteiger partial charge in [0.1, 0.15) is 6.73 Å². The Hall–Kier alpha value is -2.01. The number of carbonyl (C=O) groups excluding carboxylic acids is 1. The molecule has 0 saturated carbocycles. The highest BCUT2D eigenvalue weighted by molar-refractivity contribution is 5.97. The van der Waals surface area contributed by atoms with E-state index >= 15 is 0 Å². The molecule has 0 saturated heterocycles. The molecule has 2 aromatic rings. The number of rotatable bonds is 3. The third-order valence-corrected chi connectivity index (χ3v) is 2.11. The number of benzene rings is 1. The third kappa shape index (κ3) is 2.14. The Labute approximate surface area is 92.5 Å². The summed E-state index contributed by atoms with van der Waals surface area (Å²) in [6.07, 6.45) is 3.21. The second-order valence-corrected chi connectivity index (χ2v) is 3.20. The van der Waals surface area contributed by atoms with E-state index in [4.69, 9.17) is 4.74 Å². The second-order valence-electron chi connectivity index (χ2n) is 3.20. The molecular formula is C11H11N3O2. The number of fused-ring (bicyclic) bond motifs is 1. The summed E-state index contributed by atoms with van der Waals surface area (Å²) in [6, 6.07) is 5.18. The number of nitrogens with zero attached hydrogens (tertiary/aromatic N) is 2. The molecular weight excluding hydrogens is 206 g/mol. The van der Waals surface area contributed by atoms with Crippen molar-refractivity contribution in [2.45, 2.75) is 0 Å². The average Bonchev–Trinajstić information content (AvgIpc) is 2.35. The number of carbonyl (C=O) groups is 1. The molecule has 82 valence electrons. The lowest BCUT2D eigenvalue weighted by Gasteiger charge is -2.04. The van der Waals surface area contributed by atoms with Crippen LogP contribution >= 0.6 is 0 Å². The fraction of sp³-hybridized carbons (Fsp3) is 0.182. The SMILES string of the molecule is COCNC(=O)c1ccc2nccnc2c1. The smallest absolute Gasteiger partial charge is 0.253 e. The molecule has 1 aromatic carbocycles. The van der Waals surface area contributed by atoms with Gasteiger partial charge in [0.15, 0.2) is 0 Å². The Kier molecular flexibility index (Phi) is 3.07. The standard InChI is InChI=1S/C11H11N3O2/c1-16-7-14-11(15)8-2-3-9-10(6-8)13-5-4-12-9/h2-6H,7H2,1H3,(H,14,15). The minimum absolute atomic E-state index is 0.186. The second kappa shape index (κ2) is 4.67. The van der Waals surface area contributed by atoms with Gasteiger partial charge in [-0.1, -0.05) is 0 Å². The Balaban J connectivity index is 2.28. The van der Waals surface area contributed by atoms with Gasteiger partial charge in [0.25, 0.3) is 5.91 Å². The average molecular weight is 217 g/mol. The molecule has 0 aliphatic heterocycles. The van der Waals surface area contributed by atoms with Crippen molar-refractivity contribution in [2.75, 3.05) is 13.8 Å². The van der Waals surface area contributed by atoms with Crippen molar-refractivity contribution in [3.63, 3.8) is 0 Å². The van der Waals surface area contributed by atoms with Crippen LogP contribution in [0.2, 0.25) is 0 Å². The van der Waals surface area contributed by atoms with E-state index in [1.807, 2.05) is 0 Å². The van der Waals surface area contributed by atoms with Gasteiger partial charge in [-0.25, -0.2) is 0 Å². The summed E-state index contributed by atoms with van der Waals surface area (Å²) in [7, 11) is 1.52. The van der Waals surface area contributed by atoms with E-state index in [1.165, 1.54) is 7.11 Å². The predicted octanol–water partition coefficient (Wildman–Crippen LogP) is 0.963. The molecule has 1 aromatic heterocycles. The monoisotopic (exact) mass is 217 g/mol. The fourth-order valence-corrected chi connectivity index (χ4v) is 1.34. The van der Waals surface area contributed by atoms with E-state index in [1.54, 1.807) is 30.6 Å². The number of amides is 1. The van der Waals surface area contributed by atoms with Gasteiger partial charge in [0.05, 0.1) is 11.0 Å². The summed E-state index contributed by atoms with van der Waals surface area (Å²) in [4.78, 5) is 19.9. The zero-order valence-corrected chi connectivity index (χ0v) is 8.80. The highest BCUT2D eigenvalue weighted by Gasteiger charge is 2.05. The number of ether oxygens (including phenoxy) is 1. The van der Waals surface area contributed by atoms with Crippen LogP contribution in [-0.2, 0) is 4.74 Å². The maximum Gasteiger partial charge on any atom is 0.253 e. The van der Waals surface area contributed by atoms with Crippen molar-refractivity contribution in [3.05, 3.63) is 36.2 Å². The number of hydrogen-bond donors (Lipinski definition) is 1. The lowest BCUT2D eigenvalue weighted by Crippen LogP contribution is -2.25. The van der Waals surface area contributed by atoms with Crippen LogP contribution in [0.1, 0.15) is 10.4 Å². The molecule has 0 spiro atoms. The van der Waals surface area contributed by atoms with Gasteiger partial charge in [-0.2, -0.15) is 0 Å². The molecule has 5 heteroatoms. The van der Waals surface area contributed by atoms with Crippen molar-refractivity contribution in [1.29, 1.82) is 0 Å². The van der Waals surface area contributed by atoms with Crippen LogP contribution in [0, 0.1) is 0 Å². The van der Waals surface area contributed by atoms with E-state index in [-0.39, 0.29) is 12.6 Å². The minimum Gasteiger partial charge on any atom is -0.364 e. The van der Waals surface area contributed by atoms with Gasteiger partial charge < -0.3 is 10.1 Å². The normalized spacial score (nSPS) is 10.3. The number of methoxy groups -OCH3 is 1. The molecule has 0 atom stereocenters. The minimum atomic E-state index is -0.186. The number of aromatic nitrogens is 2. The summed E-state index contributed by atoms with van der Waals surface area (Å²) >= 11 is 0. The highest BCUT2D eigenvalue weighted by atomic mass is 16.5. The van der Waals surface area contributed by atoms with Crippen molar-refractivity contribution >= 4 is 16.9 Å². The largest absolute Gasteiger partial charge is 0.364 e. The number of nitrogens with one attached hydrogen (secondary N) is 1. The zero-order valence-electron chi connectivity index (χ0n) is 8.80. The van der Waals surface area contributed by atoms with E-state index in [2.05, 4.69) is 15.3 Å². The van der Waals surface area contributed by atoms with Crippen LogP contribution in [0.15, 0.2) is 30.6 Å². The van der Waals surface area contributed by atoms with Crippen LogP contribution in [0.25, 0.3) is 11.0 Å². The first-order chi connectivity index (χ1) is 7.81. The molecule has 0 radical (unpaired) electrons. The molecule has 0 aliphatic rings. The quantitative estimate of drug-likeness (QED) is 0.778. The van der Waals surface area contributed by atoms with Crippen LogP contribution in [0.4, 0.5) is 0 Å². The van der Waals surface area contributed by atoms with Gasteiger partial charge in [-0.3, -0.25) is 14.8 Å². The van der Waals surface area contributed by atoms with Crippen molar-refractivity contribution in [1.82, 2.24) is 15.3 Å². The molecule has 1 heterocycles. The van der Waals surface area contributed by atoms with E-state index in [0.717, 1.165) is 5.52 Å². The van der Waals surface area contributed by atoms with E-state index < -0.39 is 0 Å².